The van der Waals surface area contributed by atoms with E-state index in [0.717, 1.165) is 16.8 Å². The van der Waals surface area contributed by atoms with Crippen LogP contribution in [0.2, 0.25) is 0 Å². The Kier molecular flexibility index (Phi) is 3.54. The predicted octanol–water partition coefficient (Wildman–Crippen LogP) is 2.58. The first-order valence-electron chi connectivity index (χ1n) is 5.72. The van der Waals surface area contributed by atoms with Crippen LogP contribution in [-0.2, 0) is 6.54 Å². The average molecular weight is 238 g/mol. The Morgan fingerprint density at radius 3 is 2.72 bits per heavy atom. The van der Waals surface area contributed by atoms with Crippen molar-refractivity contribution in [2.75, 3.05) is 5.32 Å². The minimum Gasteiger partial charge on any atom is -0.363 e. The molecule has 0 spiro atoms. The molecule has 0 bridgehead atoms. The lowest BCUT2D eigenvalue weighted by Gasteiger charge is -2.09. The Balaban J connectivity index is 2.19. The van der Waals surface area contributed by atoms with Crippen molar-refractivity contribution >= 4 is 5.82 Å². The zero-order valence-corrected chi connectivity index (χ0v) is 10.4. The highest BCUT2D eigenvalue weighted by atomic mass is 15.0. The Morgan fingerprint density at radius 2 is 2.00 bits per heavy atom. The Hall–Kier alpha value is -2.41. The van der Waals surface area contributed by atoms with Crippen molar-refractivity contribution in [1.29, 1.82) is 5.26 Å². The number of anilines is 1. The average Bonchev–Trinajstić information content (AvgIpc) is 2.38. The molecule has 0 saturated carbocycles. The van der Waals surface area contributed by atoms with Crippen LogP contribution in [0.25, 0.3) is 0 Å². The highest BCUT2D eigenvalue weighted by molar-refractivity contribution is 5.55. The second-order valence-electron chi connectivity index (χ2n) is 4.08. The number of nitrogens with one attached hydrogen (secondary N) is 1. The molecule has 0 aromatic carbocycles. The van der Waals surface area contributed by atoms with Crippen molar-refractivity contribution in [1.82, 2.24) is 9.97 Å². The van der Waals surface area contributed by atoms with Crippen LogP contribution >= 0.6 is 0 Å². The second-order valence-corrected chi connectivity index (χ2v) is 4.08. The lowest BCUT2D eigenvalue weighted by Crippen LogP contribution is -2.07. The maximum atomic E-state index is 9.11. The van der Waals surface area contributed by atoms with E-state index < -0.39 is 0 Å². The minimum atomic E-state index is 0.567. The molecule has 0 radical (unpaired) electrons. The lowest BCUT2D eigenvalue weighted by molar-refractivity contribution is 1.00. The molecule has 2 aromatic rings. The summed E-state index contributed by atoms with van der Waals surface area (Å²) in [5, 5.41) is 12.3. The van der Waals surface area contributed by atoms with Gasteiger partial charge in [-0.05, 0) is 37.1 Å². The number of nitrogens with zero attached hydrogens (tertiary/aromatic N) is 3. The van der Waals surface area contributed by atoms with Gasteiger partial charge in [0, 0.05) is 12.4 Å². The smallest absolute Gasteiger partial charge is 0.144 e. The van der Waals surface area contributed by atoms with Gasteiger partial charge in [-0.1, -0.05) is 6.07 Å². The molecular weight excluding hydrogens is 224 g/mol. The highest BCUT2D eigenvalue weighted by Crippen LogP contribution is 2.16. The third-order valence-electron chi connectivity index (χ3n) is 2.81. The molecule has 90 valence electrons. The van der Waals surface area contributed by atoms with Crippen LogP contribution in [0.3, 0.4) is 0 Å². The third-order valence-corrected chi connectivity index (χ3v) is 2.81. The summed E-state index contributed by atoms with van der Waals surface area (Å²) in [6, 6.07) is 7.92. The van der Waals surface area contributed by atoms with Crippen LogP contribution < -0.4 is 5.32 Å². The van der Waals surface area contributed by atoms with Gasteiger partial charge in [0.2, 0.25) is 0 Å². The van der Waals surface area contributed by atoms with Crippen LogP contribution in [0, 0.1) is 25.2 Å². The number of aryl methyl sites for hydroxylation is 2. The quantitative estimate of drug-likeness (QED) is 0.892. The summed E-state index contributed by atoms with van der Waals surface area (Å²) in [5.74, 6) is 0.613. The van der Waals surface area contributed by atoms with Crippen molar-refractivity contribution in [2.45, 2.75) is 20.4 Å². The Morgan fingerprint density at radius 1 is 1.17 bits per heavy atom. The molecule has 4 nitrogen and oxygen atoms in total. The van der Waals surface area contributed by atoms with E-state index in [0.29, 0.717) is 17.9 Å². The first kappa shape index (κ1) is 12.1. The number of hydrogen-bond acceptors (Lipinski definition) is 4. The van der Waals surface area contributed by atoms with Gasteiger partial charge in [-0.3, -0.25) is 4.98 Å². The number of nitriles is 1. The summed E-state index contributed by atoms with van der Waals surface area (Å²) < 4.78 is 0. The van der Waals surface area contributed by atoms with Gasteiger partial charge < -0.3 is 5.32 Å². The maximum Gasteiger partial charge on any atom is 0.144 e. The summed E-state index contributed by atoms with van der Waals surface area (Å²) >= 11 is 0. The molecule has 1 N–H and O–H groups in total. The van der Waals surface area contributed by atoms with Gasteiger partial charge in [0.05, 0.1) is 17.8 Å². The molecular formula is C14H14N4. The molecule has 0 aliphatic heterocycles. The van der Waals surface area contributed by atoms with Gasteiger partial charge in [0.15, 0.2) is 0 Å². The van der Waals surface area contributed by atoms with E-state index in [1.807, 2.05) is 32.0 Å². The van der Waals surface area contributed by atoms with Gasteiger partial charge in [0.25, 0.3) is 0 Å². The fraction of sp³-hybridized carbons (Fsp3) is 0.214. The molecule has 2 aromatic heterocycles. The number of aromatic nitrogens is 2. The zero-order valence-electron chi connectivity index (χ0n) is 10.4. The topological polar surface area (TPSA) is 61.6 Å². The zero-order chi connectivity index (χ0) is 13.0. The second kappa shape index (κ2) is 5.28. The van der Waals surface area contributed by atoms with Crippen LogP contribution in [-0.4, -0.2) is 9.97 Å². The molecule has 0 saturated heterocycles. The normalized spacial score (nSPS) is 9.83. The predicted molar refractivity (Wildman–Crippen MR) is 70.0 cm³/mol. The standard InChI is InChI=1S/C14H14N4/c1-10-5-7-17-14(12(10)8-15)18-9-13-11(2)4-3-6-16-13/h3-7H,9H2,1-2H3,(H,17,18). The SMILES string of the molecule is Cc1cccnc1CNc1nccc(C)c1C#N. The molecule has 2 rings (SSSR count). The van der Waals surface area contributed by atoms with Gasteiger partial charge in [0.1, 0.15) is 11.9 Å². The van der Waals surface area contributed by atoms with Crippen molar-refractivity contribution in [3.05, 3.63) is 53.0 Å². The van der Waals surface area contributed by atoms with Crippen molar-refractivity contribution < 1.29 is 0 Å². The molecule has 0 unspecified atom stereocenters. The van der Waals surface area contributed by atoms with Crippen LogP contribution in [0.5, 0.6) is 0 Å². The Labute approximate surface area is 106 Å². The van der Waals surface area contributed by atoms with Crippen molar-refractivity contribution in [3.63, 3.8) is 0 Å². The van der Waals surface area contributed by atoms with E-state index in [-0.39, 0.29) is 0 Å². The monoisotopic (exact) mass is 238 g/mol. The summed E-state index contributed by atoms with van der Waals surface area (Å²) in [7, 11) is 0. The van der Waals surface area contributed by atoms with Gasteiger partial charge >= 0.3 is 0 Å². The summed E-state index contributed by atoms with van der Waals surface area (Å²) in [5.41, 5.74) is 3.60. The number of hydrogen-bond donors (Lipinski definition) is 1. The first-order valence-corrected chi connectivity index (χ1v) is 5.72. The molecule has 0 fully saturated rings. The summed E-state index contributed by atoms with van der Waals surface area (Å²) in [6.07, 6.45) is 3.46. The van der Waals surface area contributed by atoms with E-state index in [2.05, 4.69) is 21.4 Å². The largest absolute Gasteiger partial charge is 0.363 e. The molecule has 18 heavy (non-hydrogen) atoms. The third kappa shape index (κ3) is 2.46. The molecule has 0 aliphatic rings. The van der Waals surface area contributed by atoms with E-state index >= 15 is 0 Å². The van der Waals surface area contributed by atoms with Crippen molar-refractivity contribution in [2.24, 2.45) is 0 Å². The first-order chi connectivity index (χ1) is 8.72. The Bertz CT molecular complexity index is 599. The fourth-order valence-electron chi connectivity index (χ4n) is 1.70. The van der Waals surface area contributed by atoms with E-state index in [1.54, 1.807) is 12.4 Å². The summed E-state index contributed by atoms with van der Waals surface area (Å²) in [6.45, 7) is 4.48. The molecule has 0 amide bonds. The summed E-state index contributed by atoms with van der Waals surface area (Å²) in [4.78, 5) is 8.49. The van der Waals surface area contributed by atoms with E-state index in [1.165, 1.54) is 0 Å². The highest BCUT2D eigenvalue weighted by Gasteiger charge is 2.06. The van der Waals surface area contributed by atoms with Gasteiger partial charge in [-0.2, -0.15) is 5.26 Å². The van der Waals surface area contributed by atoms with Gasteiger partial charge in [-0.15, -0.1) is 0 Å². The number of rotatable bonds is 3. The van der Waals surface area contributed by atoms with E-state index in [9.17, 15) is 0 Å². The fourth-order valence-corrected chi connectivity index (χ4v) is 1.70. The molecule has 0 atom stereocenters. The van der Waals surface area contributed by atoms with Gasteiger partial charge in [-0.25, -0.2) is 4.98 Å². The van der Waals surface area contributed by atoms with Crippen molar-refractivity contribution in [3.8, 4) is 6.07 Å². The lowest BCUT2D eigenvalue weighted by atomic mass is 10.1. The van der Waals surface area contributed by atoms with Crippen LogP contribution in [0.15, 0.2) is 30.6 Å². The van der Waals surface area contributed by atoms with Crippen LogP contribution in [0.4, 0.5) is 5.82 Å². The van der Waals surface area contributed by atoms with Crippen LogP contribution in [0.1, 0.15) is 22.4 Å². The molecule has 4 heteroatoms. The molecule has 0 aliphatic carbocycles. The van der Waals surface area contributed by atoms with E-state index in [4.69, 9.17) is 5.26 Å². The minimum absolute atomic E-state index is 0.567. The maximum absolute atomic E-state index is 9.11. The molecule has 2 heterocycles. The number of pyridine rings is 2.